The van der Waals surface area contributed by atoms with Gasteiger partial charge in [0.1, 0.15) is 0 Å². The number of piperidine rings is 1. The number of carbonyl (C=O) groups excluding carboxylic acids is 1. The monoisotopic (exact) mass is 370 g/mol. The molecular weight excluding hydrogens is 348 g/mol. The number of thiazole rings is 1. The van der Waals surface area contributed by atoms with Crippen LogP contribution in [0.25, 0.3) is 0 Å². The second-order valence-corrected chi connectivity index (χ2v) is 6.61. The minimum atomic E-state index is -0.125. The van der Waals surface area contributed by atoms with Gasteiger partial charge in [0, 0.05) is 11.9 Å². The molecule has 0 unspecified atom stereocenters. The number of hydrogen-bond acceptors (Lipinski definition) is 6. The third-order valence-corrected chi connectivity index (χ3v) is 5.17. The molecule has 1 saturated heterocycles. The second-order valence-electron chi connectivity index (χ2n) is 5.77. The molecule has 1 N–H and O–H groups in total. The Hall–Kier alpha value is -1.51. The number of rotatable bonds is 4. The first-order chi connectivity index (χ1) is 11.1. The summed E-state index contributed by atoms with van der Waals surface area (Å²) in [4.78, 5) is 19.0. The molecule has 2 aromatic rings. The van der Waals surface area contributed by atoms with Crippen molar-refractivity contribution in [3.8, 4) is 0 Å². The average molecular weight is 371 g/mol. The Morgan fingerprint density at radius 2 is 2.12 bits per heavy atom. The molecule has 0 bridgehead atoms. The summed E-state index contributed by atoms with van der Waals surface area (Å²) in [6.07, 6.45) is 2.03. The summed E-state index contributed by atoms with van der Waals surface area (Å²) in [5.74, 6) is -0.125. The van der Waals surface area contributed by atoms with E-state index in [-0.39, 0.29) is 18.3 Å². The average Bonchev–Trinajstić information content (AvgIpc) is 3.15. The largest absolute Gasteiger partial charge is 0.317 e. The van der Waals surface area contributed by atoms with Crippen LogP contribution in [-0.4, -0.2) is 45.5 Å². The van der Waals surface area contributed by atoms with Gasteiger partial charge in [0.05, 0.1) is 17.4 Å². The van der Waals surface area contributed by atoms with E-state index in [1.807, 2.05) is 30.8 Å². The van der Waals surface area contributed by atoms with Crippen molar-refractivity contribution in [3.63, 3.8) is 0 Å². The van der Waals surface area contributed by atoms with Gasteiger partial charge in [0.15, 0.2) is 10.8 Å². The van der Waals surface area contributed by atoms with E-state index in [1.54, 1.807) is 4.90 Å². The maximum Gasteiger partial charge on any atom is 0.282 e. The molecule has 0 aliphatic carbocycles. The van der Waals surface area contributed by atoms with Crippen LogP contribution in [0.15, 0.2) is 5.38 Å². The van der Waals surface area contributed by atoms with Crippen LogP contribution in [0.2, 0.25) is 0 Å². The molecular formula is C15H23ClN6OS. The van der Waals surface area contributed by atoms with Gasteiger partial charge < -0.3 is 5.32 Å². The number of carbonyl (C=O) groups is 1. The molecule has 7 nitrogen and oxygen atoms in total. The first-order valence-electron chi connectivity index (χ1n) is 7.98. The van der Waals surface area contributed by atoms with Gasteiger partial charge >= 0.3 is 0 Å². The zero-order valence-electron chi connectivity index (χ0n) is 14.2. The van der Waals surface area contributed by atoms with Crippen LogP contribution in [0.1, 0.15) is 47.7 Å². The normalized spacial score (nSPS) is 15.1. The summed E-state index contributed by atoms with van der Waals surface area (Å²) in [6.45, 7) is 8.32. The lowest BCUT2D eigenvalue weighted by molar-refractivity contribution is 0.0982. The third kappa shape index (κ3) is 3.60. The number of anilines is 1. The number of hydrogen-bond donors (Lipinski definition) is 1. The Bertz CT molecular complexity index is 694. The fourth-order valence-corrected chi connectivity index (χ4v) is 3.76. The van der Waals surface area contributed by atoms with Gasteiger partial charge in [-0.3, -0.25) is 9.69 Å². The van der Waals surface area contributed by atoms with Crippen LogP contribution in [0, 0.1) is 13.8 Å². The van der Waals surface area contributed by atoms with Gasteiger partial charge in [-0.2, -0.15) is 0 Å². The highest BCUT2D eigenvalue weighted by Crippen LogP contribution is 2.24. The van der Waals surface area contributed by atoms with Crippen molar-refractivity contribution in [2.24, 2.45) is 0 Å². The van der Waals surface area contributed by atoms with Gasteiger partial charge in [-0.15, -0.1) is 28.8 Å². The molecule has 0 atom stereocenters. The maximum atomic E-state index is 12.9. The van der Waals surface area contributed by atoms with Crippen molar-refractivity contribution in [2.75, 3.05) is 24.5 Å². The lowest BCUT2D eigenvalue weighted by Crippen LogP contribution is -2.32. The van der Waals surface area contributed by atoms with E-state index in [1.165, 1.54) is 11.3 Å². The van der Waals surface area contributed by atoms with Gasteiger partial charge in [-0.1, -0.05) is 5.21 Å². The van der Waals surface area contributed by atoms with Crippen LogP contribution in [0.5, 0.6) is 0 Å². The number of halogens is 1. The summed E-state index contributed by atoms with van der Waals surface area (Å²) in [5.41, 5.74) is 2.19. The van der Waals surface area contributed by atoms with Crippen molar-refractivity contribution < 1.29 is 4.79 Å². The molecule has 1 aliphatic heterocycles. The predicted molar refractivity (Wildman–Crippen MR) is 97.3 cm³/mol. The minimum Gasteiger partial charge on any atom is -0.317 e. The molecule has 1 fully saturated rings. The van der Waals surface area contributed by atoms with E-state index in [0.717, 1.165) is 37.3 Å². The van der Waals surface area contributed by atoms with Gasteiger partial charge in [-0.05, 0) is 46.7 Å². The first kappa shape index (κ1) is 18.8. The topological polar surface area (TPSA) is 75.9 Å². The molecule has 0 spiro atoms. The molecule has 3 heterocycles. The van der Waals surface area contributed by atoms with Gasteiger partial charge in [0.25, 0.3) is 5.91 Å². The molecule has 0 saturated carbocycles. The Morgan fingerprint density at radius 3 is 2.71 bits per heavy atom. The predicted octanol–water partition coefficient (Wildman–Crippen LogP) is 2.36. The van der Waals surface area contributed by atoms with Crippen molar-refractivity contribution in [2.45, 2.75) is 39.7 Å². The zero-order chi connectivity index (χ0) is 16.4. The third-order valence-electron chi connectivity index (χ3n) is 4.18. The summed E-state index contributed by atoms with van der Waals surface area (Å²) in [7, 11) is 0. The van der Waals surface area contributed by atoms with E-state index >= 15 is 0 Å². The van der Waals surface area contributed by atoms with E-state index in [4.69, 9.17) is 0 Å². The van der Waals surface area contributed by atoms with Crippen LogP contribution in [-0.2, 0) is 0 Å². The Morgan fingerprint density at radius 1 is 1.42 bits per heavy atom. The van der Waals surface area contributed by atoms with Crippen LogP contribution >= 0.6 is 23.7 Å². The summed E-state index contributed by atoms with van der Waals surface area (Å²) >= 11 is 1.48. The molecule has 1 aliphatic rings. The minimum absolute atomic E-state index is 0. The van der Waals surface area contributed by atoms with Crippen molar-refractivity contribution >= 4 is 34.8 Å². The second kappa shape index (κ2) is 8.04. The molecule has 0 aromatic carbocycles. The fraction of sp³-hybridized carbons (Fsp3) is 0.600. The van der Waals surface area contributed by atoms with Gasteiger partial charge in [-0.25, -0.2) is 9.67 Å². The summed E-state index contributed by atoms with van der Waals surface area (Å²) < 4.78 is 1.91. The molecule has 9 heteroatoms. The molecule has 3 rings (SSSR count). The SMILES string of the molecule is CCN(C(=O)c1nnn(C2CCNCC2)c1C)c1nc(C)cs1.Cl. The standard InChI is InChI=1S/C15H22N6OS.ClH/c1-4-20(15-17-10(2)9-23-15)14(22)13-11(3)21(19-18-13)12-5-7-16-8-6-12;/h9,12,16H,4-8H2,1-3H3;1H. The highest BCUT2D eigenvalue weighted by Gasteiger charge is 2.27. The van der Waals surface area contributed by atoms with E-state index in [9.17, 15) is 4.79 Å². The summed E-state index contributed by atoms with van der Waals surface area (Å²) in [6, 6.07) is 0.322. The van der Waals surface area contributed by atoms with Crippen LogP contribution in [0.3, 0.4) is 0 Å². The number of nitrogens with zero attached hydrogens (tertiary/aromatic N) is 5. The lowest BCUT2D eigenvalue weighted by atomic mass is 10.1. The summed E-state index contributed by atoms with van der Waals surface area (Å²) in [5, 5.41) is 14.4. The zero-order valence-corrected chi connectivity index (χ0v) is 15.8. The Kier molecular flexibility index (Phi) is 6.31. The molecule has 0 radical (unpaired) electrons. The molecule has 24 heavy (non-hydrogen) atoms. The smallest absolute Gasteiger partial charge is 0.282 e. The van der Waals surface area contributed by atoms with Crippen molar-refractivity contribution in [3.05, 3.63) is 22.5 Å². The molecule has 1 amide bonds. The highest BCUT2D eigenvalue weighted by molar-refractivity contribution is 7.14. The van der Waals surface area contributed by atoms with Crippen LogP contribution < -0.4 is 10.2 Å². The Balaban J connectivity index is 0.00000208. The van der Waals surface area contributed by atoms with Crippen molar-refractivity contribution in [1.29, 1.82) is 0 Å². The molecule has 2 aromatic heterocycles. The number of aryl methyl sites for hydroxylation is 1. The van der Waals surface area contributed by atoms with Crippen molar-refractivity contribution in [1.82, 2.24) is 25.3 Å². The highest BCUT2D eigenvalue weighted by atomic mass is 35.5. The lowest BCUT2D eigenvalue weighted by Gasteiger charge is -2.23. The fourth-order valence-electron chi connectivity index (χ4n) is 2.90. The van der Waals surface area contributed by atoms with Gasteiger partial charge in [0.2, 0.25) is 0 Å². The van der Waals surface area contributed by atoms with E-state index in [2.05, 4.69) is 20.6 Å². The maximum absolute atomic E-state index is 12.9. The Labute approximate surface area is 151 Å². The quantitative estimate of drug-likeness (QED) is 0.894. The number of amides is 1. The number of aromatic nitrogens is 4. The van der Waals surface area contributed by atoms with E-state index < -0.39 is 0 Å². The number of nitrogens with one attached hydrogen (secondary N) is 1. The first-order valence-corrected chi connectivity index (χ1v) is 8.86. The van der Waals surface area contributed by atoms with Crippen LogP contribution in [0.4, 0.5) is 5.13 Å². The van der Waals surface area contributed by atoms with E-state index in [0.29, 0.717) is 23.4 Å². The molecule has 132 valence electrons.